The highest BCUT2D eigenvalue weighted by Crippen LogP contribution is 2.39. The zero-order chi connectivity index (χ0) is 17.2. The van der Waals surface area contributed by atoms with E-state index in [0.717, 1.165) is 30.8 Å². The molecule has 0 spiro atoms. The molecule has 1 heterocycles. The van der Waals surface area contributed by atoms with E-state index in [4.69, 9.17) is 5.73 Å². The lowest BCUT2D eigenvalue weighted by atomic mass is 9.83. The number of nitrogens with zero attached hydrogens (tertiary/aromatic N) is 3. The number of carbonyl (C=O) groups excluding carboxylic acids is 1. The van der Waals surface area contributed by atoms with Gasteiger partial charge in [0.25, 0.3) is 0 Å². The fourth-order valence-corrected chi connectivity index (χ4v) is 4.39. The number of carbonyl (C=O) groups is 1. The minimum atomic E-state index is 0.0389. The fourth-order valence-electron chi connectivity index (χ4n) is 3.55. The zero-order valence-corrected chi connectivity index (χ0v) is 15.0. The highest BCUT2D eigenvalue weighted by atomic mass is 32.2. The molecule has 132 valence electrons. The summed E-state index contributed by atoms with van der Waals surface area (Å²) in [4.78, 5) is 12.3. The lowest BCUT2D eigenvalue weighted by Crippen LogP contribution is -2.31. The molecule has 1 amide bonds. The maximum Gasteiger partial charge on any atom is 0.230 e. The largest absolute Gasteiger partial charge is 0.368 e. The van der Waals surface area contributed by atoms with Gasteiger partial charge in [-0.1, -0.05) is 36.0 Å². The van der Waals surface area contributed by atoms with Gasteiger partial charge in [0.2, 0.25) is 11.9 Å². The van der Waals surface area contributed by atoms with E-state index in [1.54, 1.807) is 0 Å². The van der Waals surface area contributed by atoms with Crippen molar-refractivity contribution in [3.63, 3.8) is 0 Å². The van der Waals surface area contributed by atoms with Crippen LogP contribution in [0.5, 0.6) is 0 Å². The second-order valence-corrected chi connectivity index (χ2v) is 7.77. The summed E-state index contributed by atoms with van der Waals surface area (Å²) in [6.07, 6.45) is 5.70. The molecule has 2 aromatic rings. The average Bonchev–Trinajstić information content (AvgIpc) is 3.40. The first-order valence-electron chi connectivity index (χ1n) is 8.90. The molecule has 0 saturated heterocycles. The van der Waals surface area contributed by atoms with Gasteiger partial charge in [-0.05, 0) is 43.2 Å². The topological polar surface area (TPSA) is 85.8 Å². The lowest BCUT2D eigenvalue weighted by Gasteiger charge is -2.25. The molecular formula is C18H23N5OS. The van der Waals surface area contributed by atoms with Gasteiger partial charge in [0.15, 0.2) is 5.16 Å². The maximum absolute atomic E-state index is 12.3. The smallest absolute Gasteiger partial charge is 0.230 e. The van der Waals surface area contributed by atoms with Gasteiger partial charge in [-0.15, -0.1) is 10.2 Å². The number of aromatic nitrogens is 3. The summed E-state index contributed by atoms with van der Waals surface area (Å²) in [7, 11) is 0. The number of anilines is 1. The molecule has 3 N–H and O–H groups in total. The number of nitrogen functional groups attached to an aromatic ring is 1. The van der Waals surface area contributed by atoms with Crippen LogP contribution in [0.25, 0.3) is 0 Å². The van der Waals surface area contributed by atoms with Crippen molar-refractivity contribution in [1.29, 1.82) is 0 Å². The van der Waals surface area contributed by atoms with Crippen molar-refractivity contribution in [3.8, 4) is 0 Å². The Hall–Kier alpha value is -2.02. The number of nitrogens with two attached hydrogens (primary N) is 1. The van der Waals surface area contributed by atoms with Gasteiger partial charge in [-0.3, -0.25) is 9.36 Å². The third-order valence-corrected chi connectivity index (χ3v) is 5.92. The Labute approximate surface area is 151 Å². The SMILES string of the molecule is Nc1nnc(SCC(=O)NCC2CCCc3ccccc32)n1C1CC1. The predicted molar refractivity (Wildman–Crippen MR) is 98.6 cm³/mol. The van der Waals surface area contributed by atoms with Crippen molar-refractivity contribution in [3.05, 3.63) is 35.4 Å². The Kier molecular flexibility index (Phi) is 4.65. The molecule has 0 radical (unpaired) electrons. The second-order valence-electron chi connectivity index (χ2n) is 6.82. The van der Waals surface area contributed by atoms with E-state index in [9.17, 15) is 4.79 Å². The molecule has 6 nitrogen and oxygen atoms in total. The number of aryl methyl sites for hydroxylation is 1. The monoisotopic (exact) mass is 357 g/mol. The van der Waals surface area contributed by atoms with Gasteiger partial charge in [0.1, 0.15) is 0 Å². The van der Waals surface area contributed by atoms with Crippen LogP contribution in [0.15, 0.2) is 29.4 Å². The minimum Gasteiger partial charge on any atom is -0.368 e. The molecule has 2 aliphatic rings. The van der Waals surface area contributed by atoms with Crippen molar-refractivity contribution in [2.75, 3.05) is 18.0 Å². The maximum atomic E-state index is 12.3. The van der Waals surface area contributed by atoms with Gasteiger partial charge in [-0.2, -0.15) is 0 Å². The average molecular weight is 357 g/mol. The predicted octanol–water partition coefficient (Wildman–Crippen LogP) is 2.52. The van der Waals surface area contributed by atoms with Gasteiger partial charge >= 0.3 is 0 Å². The first-order chi connectivity index (χ1) is 12.2. The molecule has 0 aliphatic heterocycles. The lowest BCUT2D eigenvalue weighted by molar-refractivity contribution is -0.118. The van der Waals surface area contributed by atoms with Crippen LogP contribution in [-0.2, 0) is 11.2 Å². The van der Waals surface area contributed by atoms with Crippen LogP contribution in [0.3, 0.4) is 0 Å². The number of nitrogens with one attached hydrogen (secondary N) is 1. The van der Waals surface area contributed by atoms with Crippen molar-refractivity contribution in [2.24, 2.45) is 0 Å². The quantitative estimate of drug-likeness (QED) is 0.776. The van der Waals surface area contributed by atoms with Crippen LogP contribution < -0.4 is 11.1 Å². The van der Waals surface area contributed by atoms with Crippen LogP contribution in [-0.4, -0.2) is 33.0 Å². The fraction of sp³-hybridized carbons (Fsp3) is 0.500. The van der Waals surface area contributed by atoms with Crippen LogP contribution >= 0.6 is 11.8 Å². The van der Waals surface area contributed by atoms with Crippen molar-refractivity contribution < 1.29 is 4.79 Å². The van der Waals surface area contributed by atoms with E-state index in [1.165, 1.54) is 29.3 Å². The first kappa shape index (κ1) is 16.4. The number of rotatable bonds is 6. The number of hydrogen-bond acceptors (Lipinski definition) is 5. The van der Waals surface area contributed by atoms with Crippen LogP contribution in [0.1, 0.15) is 48.8 Å². The summed E-state index contributed by atoms with van der Waals surface area (Å²) in [6, 6.07) is 9.00. The van der Waals surface area contributed by atoms with E-state index < -0.39 is 0 Å². The molecular weight excluding hydrogens is 334 g/mol. The molecule has 1 atom stereocenters. The summed E-state index contributed by atoms with van der Waals surface area (Å²) in [6.45, 7) is 0.702. The Bertz CT molecular complexity index is 771. The third-order valence-electron chi connectivity index (χ3n) is 4.97. The van der Waals surface area contributed by atoms with E-state index in [2.05, 4.69) is 39.8 Å². The first-order valence-corrected chi connectivity index (χ1v) is 9.88. The van der Waals surface area contributed by atoms with E-state index in [-0.39, 0.29) is 5.91 Å². The molecule has 1 aromatic carbocycles. The van der Waals surface area contributed by atoms with Crippen molar-refractivity contribution in [2.45, 2.75) is 49.2 Å². The number of benzene rings is 1. The highest BCUT2D eigenvalue weighted by molar-refractivity contribution is 7.99. The molecule has 1 saturated carbocycles. The molecule has 1 unspecified atom stereocenters. The van der Waals surface area contributed by atoms with Gasteiger partial charge in [-0.25, -0.2) is 0 Å². The summed E-state index contributed by atoms with van der Waals surface area (Å²) >= 11 is 1.41. The molecule has 0 bridgehead atoms. The molecule has 7 heteroatoms. The Morgan fingerprint density at radius 2 is 2.12 bits per heavy atom. The molecule has 2 aliphatic carbocycles. The summed E-state index contributed by atoms with van der Waals surface area (Å²) in [5.74, 6) is 1.25. The zero-order valence-electron chi connectivity index (χ0n) is 14.1. The molecule has 4 rings (SSSR count). The number of hydrogen-bond donors (Lipinski definition) is 2. The van der Waals surface area contributed by atoms with Crippen LogP contribution in [0.4, 0.5) is 5.95 Å². The van der Waals surface area contributed by atoms with Gasteiger partial charge in [0.05, 0.1) is 5.75 Å². The van der Waals surface area contributed by atoms with Gasteiger partial charge < -0.3 is 11.1 Å². The standard InChI is InChI=1S/C18H23N5OS/c19-17-21-22-18(23(17)14-8-9-14)25-11-16(24)20-10-13-6-3-5-12-4-1-2-7-15(12)13/h1-2,4,7,13-14H,3,5-6,8-11H2,(H2,19,21)(H,20,24). The number of fused-ring (bicyclic) bond motifs is 1. The second kappa shape index (κ2) is 7.07. The Morgan fingerprint density at radius 1 is 1.28 bits per heavy atom. The highest BCUT2D eigenvalue weighted by Gasteiger charge is 2.29. The number of thioether (sulfide) groups is 1. The number of amides is 1. The molecule has 1 fully saturated rings. The summed E-state index contributed by atoms with van der Waals surface area (Å²) < 4.78 is 1.95. The van der Waals surface area contributed by atoms with Crippen LogP contribution in [0, 0.1) is 0 Å². The third kappa shape index (κ3) is 3.66. The van der Waals surface area contributed by atoms with E-state index in [0.29, 0.717) is 30.2 Å². The Morgan fingerprint density at radius 3 is 2.96 bits per heavy atom. The minimum absolute atomic E-state index is 0.0389. The van der Waals surface area contributed by atoms with Crippen LogP contribution in [0.2, 0.25) is 0 Å². The molecule has 25 heavy (non-hydrogen) atoms. The summed E-state index contributed by atoms with van der Waals surface area (Å²) in [5, 5.41) is 11.9. The summed E-state index contributed by atoms with van der Waals surface area (Å²) in [5.41, 5.74) is 8.68. The van der Waals surface area contributed by atoms with E-state index >= 15 is 0 Å². The molecule has 1 aromatic heterocycles. The van der Waals surface area contributed by atoms with E-state index in [1.807, 2.05) is 4.57 Å². The van der Waals surface area contributed by atoms with Crippen molar-refractivity contribution in [1.82, 2.24) is 20.1 Å². The Balaban J connectivity index is 1.30. The van der Waals surface area contributed by atoms with Crippen molar-refractivity contribution >= 4 is 23.6 Å². The normalized spacial score (nSPS) is 19.4. The van der Waals surface area contributed by atoms with Gasteiger partial charge in [0, 0.05) is 18.5 Å².